The molecule has 0 saturated carbocycles. The fourth-order valence-corrected chi connectivity index (χ4v) is 1.45. The lowest BCUT2D eigenvalue weighted by Gasteiger charge is -2.16. The zero-order valence-electron chi connectivity index (χ0n) is 5.99. The SMILES string of the molecule is OC[C@@H]1CN(P)CCCO1. The Balaban J connectivity index is 2.30. The predicted molar refractivity (Wildman–Crippen MR) is 42.7 cm³/mol. The zero-order chi connectivity index (χ0) is 7.40. The van der Waals surface area contributed by atoms with E-state index in [0.717, 1.165) is 26.1 Å². The molecule has 2 atom stereocenters. The van der Waals surface area contributed by atoms with Crippen molar-refractivity contribution >= 4 is 9.39 Å². The van der Waals surface area contributed by atoms with Crippen molar-refractivity contribution in [2.24, 2.45) is 0 Å². The zero-order valence-corrected chi connectivity index (χ0v) is 7.15. The second-order valence-corrected chi connectivity index (χ2v) is 3.25. The topological polar surface area (TPSA) is 32.7 Å². The van der Waals surface area contributed by atoms with Crippen LogP contribution in [0.4, 0.5) is 0 Å². The van der Waals surface area contributed by atoms with Gasteiger partial charge in [0.1, 0.15) is 0 Å². The molecule has 0 bridgehead atoms. The van der Waals surface area contributed by atoms with Crippen LogP contribution in [0.2, 0.25) is 0 Å². The van der Waals surface area contributed by atoms with E-state index in [1.54, 1.807) is 0 Å². The monoisotopic (exact) mass is 163 g/mol. The summed E-state index contributed by atoms with van der Waals surface area (Å²) in [6.07, 6.45) is 1.07. The molecule has 60 valence electrons. The predicted octanol–water partition coefficient (Wildman–Crippen LogP) is -0.140. The first kappa shape index (κ1) is 8.41. The minimum Gasteiger partial charge on any atom is -0.394 e. The first-order valence-corrected chi connectivity index (χ1v) is 4.06. The van der Waals surface area contributed by atoms with E-state index >= 15 is 0 Å². The molecule has 4 heteroatoms. The van der Waals surface area contributed by atoms with Gasteiger partial charge in [-0.1, -0.05) is 9.39 Å². The molecule has 10 heavy (non-hydrogen) atoms. The number of hydrogen-bond donors (Lipinski definition) is 1. The summed E-state index contributed by atoms with van der Waals surface area (Å²) in [6.45, 7) is 2.77. The molecule has 1 N–H and O–H groups in total. The Morgan fingerprint density at radius 1 is 1.70 bits per heavy atom. The molecule has 0 spiro atoms. The Labute approximate surface area is 63.6 Å². The van der Waals surface area contributed by atoms with E-state index in [0.29, 0.717) is 0 Å². The fraction of sp³-hybridized carbons (Fsp3) is 1.00. The summed E-state index contributed by atoms with van der Waals surface area (Å²) in [5, 5.41) is 8.77. The van der Waals surface area contributed by atoms with Gasteiger partial charge in [0.05, 0.1) is 12.7 Å². The van der Waals surface area contributed by atoms with E-state index in [9.17, 15) is 0 Å². The molecule has 0 aliphatic carbocycles. The first-order valence-electron chi connectivity index (χ1n) is 3.55. The van der Waals surface area contributed by atoms with E-state index in [1.807, 2.05) is 0 Å². The third-order valence-corrected chi connectivity index (χ3v) is 2.05. The normalized spacial score (nSPS) is 30.0. The number of aliphatic hydroxyl groups excluding tert-OH is 1. The third-order valence-electron chi connectivity index (χ3n) is 1.58. The molecule has 0 aromatic heterocycles. The van der Waals surface area contributed by atoms with Gasteiger partial charge in [-0.05, 0) is 6.42 Å². The van der Waals surface area contributed by atoms with Crippen molar-refractivity contribution in [2.75, 3.05) is 26.3 Å². The average molecular weight is 163 g/mol. The van der Waals surface area contributed by atoms with Crippen LogP contribution in [0.25, 0.3) is 0 Å². The van der Waals surface area contributed by atoms with Gasteiger partial charge in [-0.2, -0.15) is 0 Å². The number of nitrogens with zero attached hydrogens (tertiary/aromatic N) is 1. The maximum atomic E-state index is 8.77. The second-order valence-electron chi connectivity index (χ2n) is 2.52. The van der Waals surface area contributed by atoms with Crippen molar-refractivity contribution < 1.29 is 9.84 Å². The van der Waals surface area contributed by atoms with Gasteiger partial charge in [-0.15, -0.1) is 0 Å². The molecule has 3 nitrogen and oxygen atoms in total. The maximum absolute atomic E-state index is 8.77. The number of rotatable bonds is 1. The van der Waals surface area contributed by atoms with Crippen LogP contribution in [0, 0.1) is 0 Å². The summed E-state index contributed by atoms with van der Waals surface area (Å²) in [4.78, 5) is 0. The van der Waals surface area contributed by atoms with Crippen LogP contribution < -0.4 is 0 Å². The summed E-state index contributed by atoms with van der Waals surface area (Å²) in [5.41, 5.74) is 0. The summed E-state index contributed by atoms with van der Waals surface area (Å²) in [5.74, 6) is 0. The summed E-state index contributed by atoms with van der Waals surface area (Å²) >= 11 is 0. The van der Waals surface area contributed by atoms with Gasteiger partial charge in [0.25, 0.3) is 0 Å². The molecular formula is C6H14NO2P. The number of aliphatic hydroxyl groups is 1. The van der Waals surface area contributed by atoms with E-state index in [2.05, 4.69) is 14.1 Å². The smallest absolute Gasteiger partial charge is 0.0935 e. The van der Waals surface area contributed by atoms with Crippen molar-refractivity contribution in [1.82, 2.24) is 4.67 Å². The lowest BCUT2D eigenvalue weighted by atomic mass is 10.4. The molecule has 0 aromatic rings. The summed E-state index contributed by atoms with van der Waals surface area (Å²) in [7, 11) is 2.63. The molecule has 0 aromatic carbocycles. The molecule has 1 fully saturated rings. The van der Waals surface area contributed by atoms with Gasteiger partial charge in [-0.25, -0.2) is 0 Å². The molecule has 1 aliphatic heterocycles. The largest absolute Gasteiger partial charge is 0.394 e. The van der Waals surface area contributed by atoms with Gasteiger partial charge >= 0.3 is 0 Å². The van der Waals surface area contributed by atoms with E-state index in [-0.39, 0.29) is 12.7 Å². The van der Waals surface area contributed by atoms with Crippen LogP contribution in [0.1, 0.15) is 6.42 Å². The fourth-order valence-electron chi connectivity index (χ4n) is 1.03. The van der Waals surface area contributed by atoms with Crippen LogP contribution >= 0.6 is 9.39 Å². The molecule has 0 amide bonds. The molecule has 1 aliphatic rings. The standard InChI is InChI=1S/C6H14NO2P/c8-5-6-4-7(10)2-1-3-9-6/h6,8H,1-5,10H2/t6-/m0/s1. The van der Waals surface area contributed by atoms with E-state index in [4.69, 9.17) is 9.84 Å². The Hall–Kier alpha value is 0.310. The van der Waals surface area contributed by atoms with Crippen LogP contribution in [-0.4, -0.2) is 42.2 Å². The van der Waals surface area contributed by atoms with E-state index < -0.39 is 0 Å². The lowest BCUT2D eigenvalue weighted by Crippen LogP contribution is -2.27. The Morgan fingerprint density at radius 3 is 3.20 bits per heavy atom. The molecule has 1 unspecified atom stereocenters. The second kappa shape index (κ2) is 4.24. The van der Waals surface area contributed by atoms with Gasteiger partial charge < -0.3 is 9.84 Å². The number of hydrogen-bond acceptors (Lipinski definition) is 3. The lowest BCUT2D eigenvalue weighted by molar-refractivity contribution is 0.0204. The third kappa shape index (κ3) is 2.51. The minimum absolute atomic E-state index is 0.0139. The molecule has 0 radical (unpaired) electrons. The van der Waals surface area contributed by atoms with E-state index in [1.165, 1.54) is 0 Å². The van der Waals surface area contributed by atoms with Crippen LogP contribution in [0.15, 0.2) is 0 Å². The highest BCUT2D eigenvalue weighted by Gasteiger charge is 2.14. The number of ether oxygens (including phenoxy) is 1. The highest BCUT2D eigenvalue weighted by molar-refractivity contribution is 7.13. The average Bonchev–Trinajstić information content (AvgIpc) is 2.13. The van der Waals surface area contributed by atoms with Crippen molar-refractivity contribution in [3.8, 4) is 0 Å². The summed E-state index contributed by atoms with van der Waals surface area (Å²) < 4.78 is 7.42. The van der Waals surface area contributed by atoms with Crippen molar-refractivity contribution in [2.45, 2.75) is 12.5 Å². The molecule has 1 saturated heterocycles. The van der Waals surface area contributed by atoms with Crippen molar-refractivity contribution in [3.63, 3.8) is 0 Å². The van der Waals surface area contributed by atoms with Gasteiger partial charge in [-0.3, -0.25) is 4.67 Å². The van der Waals surface area contributed by atoms with Gasteiger partial charge in [0, 0.05) is 19.7 Å². The molecular weight excluding hydrogens is 149 g/mol. The van der Waals surface area contributed by atoms with Crippen LogP contribution in [-0.2, 0) is 4.74 Å². The quantitative estimate of drug-likeness (QED) is 0.546. The first-order chi connectivity index (χ1) is 4.83. The van der Waals surface area contributed by atoms with Crippen LogP contribution in [0.5, 0.6) is 0 Å². The van der Waals surface area contributed by atoms with Gasteiger partial charge in [0.15, 0.2) is 0 Å². The highest BCUT2D eigenvalue weighted by Crippen LogP contribution is 2.08. The van der Waals surface area contributed by atoms with Gasteiger partial charge in [0.2, 0.25) is 0 Å². The molecule has 1 rings (SSSR count). The van der Waals surface area contributed by atoms with Crippen molar-refractivity contribution in [1.29, 1.82) is 0 Å². The highest BCUT2D eigenvalue weighted by atomic mass is 31.0. The maximum Gasteiger partial charge on any atom is 0.0935 e. The Kier molecular flexibility index (Phi) is 3.57. The Bertz CT molecular complexity index is 102. The van der Waals surface area contributed by atoms with Crippen LogP contribution in [0.3, 0.4) is 0 Å². The minimum atomic E-state index is 0.0139. The summed E-state index contributed by atoms with van der Waals surface area (Å²) in [6, 6.07) is 0. The van der Waals surface area contributed by atoms with Crippen molar-refractivity contribution in [3.05, 3.63) is 0 Å². The Morgan fingerprint density at radius 2 is 2.50 bits per heavy atom. The molecule has 1 heterocycles.